The van der Waals surface area contributed by atoms with Gasteiger partial charge in [-0.25, -0.2) is 4.79 Å². The molecule has 1 aliphatic heterocycles. The molecule has 0 spiro atoms. The van der Waals surface area contributed by atoms with E-state index < -0.39 is 0 Å². The second kappa shape index (κ2) is 7.54. The van der Waals surface area contributed by atoms with Crippen LogP contribution in [0.15, 0.2) is 67.0 Å². The fourth-order valence-electron chi connectivity index (χ4n) is 3.38. The lowest BCUT2D eigenvalue weighted by atomic mass is 10.1. The molecule has 0 saturated carbocycles. The summed E-state index contributed by atoms with van der Waals surface area (Å²) in [5.41, 5.74) is 2.13. The molecule has 1 fully saturated rings. The average molecular weight is 346 g/mol. The van der Waals surface area contributed by atoms with Crippen LogP contribution in [0.3, 0.4) is 0 Å². The van der Waals surface area contributed by atoms with Crippen molar-refractivity contribution in [3.8, 4) is 0 Å². The zero-order valence-corrected chi connectivity index (χ0v) is 14.6. The molecule has 4 rings (SSSR count). The zero-order chi connectivity index (χ0) is 17.8. The highest BCUT2D eigenvalue weighted by Crippen LogP contribution is 2.23. The van der Waals surface area contributed by atoms with Crippen LogP contribution in [0.25, 0.3) is 10.8 Å². The molecule has 2 amide bonds. The van der Waals surface area contributed by atoms with E-state index in [0.717, 1.165) is 49.2 Å². The maximum absolute atomic E-state index is 12.7. The topological polar surface area (TPSA) is 48.5 Å². The Balaban J connectivity index is 1.36. The Morgan fingerprint density at radius 2 is 1.65 bits per heavy atom. The Hall–Kier alpha value is -2.92. The lowest BCUT2D eigenvalue weighted by Gasteiger charge is -2.34. The standard InChI is InChI=1S/C21H22N4O/c26-21(23-20-7-3-5-18-4-1-2-6-19(18)20)25-14-12-24(13-15-25)16-17-8-10-22-11-9-17/h1-11H,12-16H2,(H,23,26). The lowest BCUT2D eigenvalue weighted by molar-refractivity contribution is 0.143. The van der Waals surface area contributed by atoms with Crippen LogP contribution in [0, 0.1) is 0 Å². The van der Waals surface area contributed by atoms with E-state index in [1.54, 1.807) is 0 Å². The number of hydrogen-bond donors (Lipinski definition) is 1. The molecule has 1 aromatic heterocycles. The Morgan fingerprint density at radius 3 is 2.46 bits per heavy atom. The summed E-state index contributed by atoms with van der Waals surface area (Å²) in [7, 11) is 0. The summed E-state index contributed by atoms with van der Waals surface area (Å²) in [5.74, 6) is 0. The lowest BCUT2D eigenvalue weighted by Crippen LogP contribution is -2.49. The van der Waals surface area contributed by atoms with Gasteiger partial charge in [-0.2, -0.15) is 0 Å². The number of carbonyl (C=O) groups is 1. The van der Waals surface area contributed by atoms with E-state index >= 15 is 0 Å². The first-order valence-corrected chi connectivity index (χ1v) is 8.94. The molecule has 26 heavy (non-hydrogen) atoms. The number of nitrogens with one attached hydrogen (secondary N) is 1. The third kappa shape index (κ3) is 3.68. The van der Waals surface area contributed by atoms with E-state index in [4.69, 9.17) is 0 Å². The van der Waals surface area contributed by atoms with Crippen molar-refractivity contribution in [1.29, 1.82) is 0 Å². The molecule has 2 heterocycles. The van der Waals surface area contributed by atoms with Crippen molar-refractivity contribution in [3.05, 3.63) is 72.6 Å². The number of hydrogen-bond acceptors (Lipinski definition) is 3. The molecule has 5 heteroatoms. The summed E-state index contributed by atoms with van der Waals surface area (Å²) >= 11 is 0. The van der Waals surface area contributed by atoms with Gasteiger partial charge in [0, 0.05) is 50.5 Å². The Bertz CT molecular complexity index is 883. The second-order valence-electron chi connectivity index (χ2n) is 6.58. The maximum Gasteiger partial charge on any atom is 0.321 e. The predicted octanol–water partition coefficient (Wildman–Crippen LogP) is 3.58. The van der Waals surface area contributed by atoms with E-state index in [1.165, 1.54) is 5.56 Å². The summed E-state index contributed by atoms with van der Waals surface area (Å²) < 4.78 is 0. The van der Waals surface area contributed by atoms with Crippen LogP contribution >= 0.6 is 0 Å². The third-order valence-corrected chi connectivity index (χ3v) is 4.85. The molecule has 3 aromatic rings. The van der Waals surface area contributed by atoms with Crippen LogP contribution in [-0.2, 0) is 6.54 Å². The molecule has 0 radical (unpaired) electrons. The molecule has 0 bridgehead atoms. The summed E-state index contributed by atoms with van der Waals surface area (Å²) in [5, 5.41) is 5.28. The number of fused-ring (bicyclic) bond motifs is 1. The highest BCUT2D eigenvalue weighted by molar-refractivity contribution is 6.01. The molecule has 1 saturated heterocycles. The molecule has 0 unspecified atom stereocenters. The van der Waals surface area contributed by atoms with E-state index in [1.807, 2.05) is 59.8 Å². The molecule has 1 aliphatic rings. The van der Waals surface area contributed by atoms with Gasteiger partial charge in [0.05, 0.1) is 5.69 Å². The highest BCUT2D eigenvalue weighted by Gasteiger charge is 2.21. The first-order chi connectivity index (χ1) is 12.8. The fraction of sp³-hybridized carbons (Fsp3) is 0.238. The molecule has 1 N–H and O–H groups in total. The van der Waals surface area contributed by atoms with Crippen LogP contribution in [-0.4, -0.2) is 47.0 Å². The smallest absolute Gasteiger partial charge is 0.321 e. The normalized spacial score (nSPS) is 15.2. The van der Waals surface area contributed by atoms with Crippen molar-refractivity contribution < 1.29 is 4.79 Å². The molecular formula is C21H22N4O. The summed E-state index contributed by atoms with van der Waals surface area (Å²) in [6.07, 6.45) is 3.65. The van der Waals surface area contributed by atoms with E-state index in [9.17, 15) is 4.79 Å². The van der Waals surface area contributed by atoms with Crippen LogP contribution < -0.4 is 5.32 Å². The van der Waals surface area contributed by atoms with Gasteiger partial charge in [0.1, 0.15) is 0 Å². The van der Waals surface area contributed by atoms with Gasteiger partial charge in [-0.1, -0.05) is 36.4 Å². The van der Waals surface area contributed by atoms with Crippen molar-refractivity contribution in [2.24, 2.45) is 0 Å². The first-order valence-electron chi connectivity index (χ1n) is 8.94. The largest absolute Gasteiger partial charge is 0.322 e. The molecule has 2 aromatic carbocycles. The minimum atomic E-state index is -0.0232. The van der Waals surface area contributed by atoms with Gasteiger partial charge in [0.15, 0.2) is 0 Å². The van der Waals surface area contributed by atoms with E-state index in [2.05, 4.69) is 27.3 Å². The Morgan fingerprint density at radius 1 is 0.923 bits per heavy atom. The number of aromatic nitrogens is 1. The van der Waals surface area contributed by atoms with Crippen molar-refractivity contribution in [3.63, 3.8) is 0 Å². The number of pyridine rings is 1. The van der Waals surface area contributed by atoms with Crippen molar-refractivity contribution >= 4 is 22.5 Å². The monoisotopic (exact) mass is 346 g/mol. The van der Waals surface area contributed by atoms with Gasteiger partial charge >= 0.3 is 6.03 Å². The van der Waals surface area contributed by atoms with E-state index in [-0.39, 0.29) is 6.03 Å². The van der Waals surface area contributed by atoms with Crippen molar-refractivity contribution in [2.45, 2.75) is 6.54 Å². The number of benzene rings is 2. The van der Waals surface area contributed by atoms with Gasteiger partial charge in [0.2, 0.25) is 0 Å². The quantitative estimate of drug-likeness (QED) is 0.788. The van der Waals surface area contributed by atoms with Crippen LogP contribution in [0.1, 0.15) is 5.56 Å². The molecular weight excluding hydrogens is 324 g/mol. The Labute approximate surface area is 153 Å². The number of urea groups is 1. The van der Waals surface area contributed by atoms with Gasteiger partial charge in [-0.15, -0.1) is 0 Å². The average Bonchev–Trinajstić information content (AvgIpc) is 2.70. The molecule has 5 nitrogen and oxygen atoms in total. The second-order valence-corrected chi connectivity index (χ2v) is 6.58. The van der Waals surface area contributed by atoms with Crippen molar-refractivity contribution in [2.75, 3.05) is 31.5 Å². The third-order valence-electron chi connectivity index (χ3n) is 4.85. The number of anilines is 1. The summed E-state index contributed by atoms with van der Waals surface area (Å²) in [6, 6.07) is 18.2. The number of amides is 2. The van der Waals surface area contributed by atoms with Crippen LogP contribution in [0.2, 0.25) is 0 Å². The van der Waals surface area contributed by atoms with Gasteiger partial charge in [-0.05, 0) is 29.1 Å². The number of nitrogens with zero attached hydrogens (tertiary/aromatic N) is 3. The summed E-state index contributed by atoms with van der Waals surface area (Å²) in [4.78, 5) is 21.0. The van der Waals surface area contributed by atoms with Gasteiger partial charge < -0.3 is 10.2 Å². The molecule has 0 aliphatic carbocycles. The minimum Gasteiger partial charge on any atom is -0.322 e. The van der Waals surface area contributed by atoms with Gasteiger partial charge in [0.25, 0.3) is 0 Å². The number of rotatable bonds is 3. The predicted molar refractivity (Wildman–Crippen MR) is 104 cm³/mol. The highest BCUT2D eigenvalue weighted by atomic mass is 16.2. The maximum atomic E-state index is 12.7. The Kier molecular flexibility index (Phi) is 4.80. The van der Waals surface area contributed by atoms with Crippen LogP contribution in [0.4, 0.5) is 10.5 Å². The summed E-state index contributed by atoms with van der Waals surface area (Å²) in [6.45, 7) is 4.14. The van der Waals surface area contributed by atoms with Gasteiger partial charge in [-0.3, -0.25) is 9.88 Å². The number of carbonyl (C=O) groups excluding carboxylic acids is 1. The zero-order valence-electron chi connectivity index (χ0n) is 14.6. The number of piperazine rings is 1. The van der Waals surface area contributed by atoms with Crippen molar-refractivity contribution in [1.82, 2.24) is 14.8 Å². The SMILES string of the molecule is O=C(Nc1cccc2ccccc12)N1CCN(Cc2ccncc2)CC1. The minimum absolute atomic E-state index is 0.0232. The van der Waals surface area contributed by atoms with E-state index in [0.29, 0.717) is 0 Å². The molecule has 0 atom stereocenters. The van der Waals surface area contributed by atoms with Crippen LogP contribution in [0.5, 0.6) is 0 Å². The first kappa shape index (κ1) is 16.5. The molecule has 132 valence electrons. The fourth-order valence-corrected chi connectivity index (χ4v) is 3.38.